The molecule has 0 radical (unpaired) electrons. The molecule has 2 aromatic rings. The summed E-state index contributed by atoms with van der Waals surface area (Å²) in [5, 5.41) is 2.78. The van der Waals surface area contributed by atoms with Crippen molar-refractivity contribution in [3.05, 3.63) is 53.9 Å². The molecule has 1 amide bonds. The SMILES string of the molecule is COC(=O)c1ccc(NC(=O)c2ccc(N3CCC(C)CC3)cn2)cc1. The van der Waals surface area contributed by atoms with Crippen LogP contribution in [0.15, 0.2) is 42.6 Å². The van der Waals surface area contributed by atoms with Gasteiger partial charge >= 0.3 is 5.97 Å². The number of benzene rings is 1. The van der Waals surface area contributed by atoms with Crippen LogP contribution in [-0.2, 0) is 4.74 Å². The molecule has 0 unspecified atom stereocenters. The van der Waals surface area contributed by atoms with Gasteiger partial charge in [-0.05, 0) is 55.2 Å². The van der Waals surface area contributed by atoms with Crippen molar-refractivity contribution < 1.29 is 14.3 Å². The number of piperidine rings is 1. The monoisotopic (exact) mass is 353 g/mol. The lowest BCUT2D eigenvalue weighted by atomic mass is 9.99. The van der Waals surface area contributed by atoms with Crippen molar-refractivity contribution in [1.29, 1.82) is 0 Å². The van der Waals surface area contributed by atoms with Gasteiger partial charge in [-0.25, -0.2) is 9.78 Å². The van der Waals surface area contributed by atoms with Crippen LogP contribution >= 0.6 is 0 Å². The highest BCUT2D eigenvalue weighted by atomic mass is 16.5. The minimum absolute atomic E-state index is 0.283. The maximum atomic E-state index is 12.3. The second-order valence-corrected chi connectivity index (χ2v) is 6.59. The molecule has 6 nitrogen and oxygen atoms in total. The second-order valence-electron chi connectivity index (χ2n) is 6.59. The standard InChI is InChI=1S/C20H23N3O3/c1-14-9-11-23(12-10-14)17-7-8-18(21-13-17)19(24)22-16-5-3-15(4-6-16)20(25)26-2/h3-8,13-14H,9-12H2,1-2H3,(H,22,24). The van der Waals surface area contributed by atoms with Gasteiger partial charge in [-0.15, -0.1) is 0 Å². The molecule has 0 aliphatic carbocycles. The Morgan fingerprint density at radius 2 is 1.81 bits per heavy atom. The number of methoxy groups -OCH3 is 1. The number of rotatable bonds is 4. The van der Waals surface area contributed by atoms with E-state index >= 15 is 0 Å². The van der Waals surface area contributed by atoms with E-state index in [1.54, 1.807) is 36.5 Å². The first-order valence-electron chi connectivity index (χ1n) is 8.77. The van der Waals surface area contributed by atoms with E-state index in [0.717, 1.165) is 24.7 Å². The van der Waals surface area contributed by atoms with E-state index in [1.807, 2.05) is 6.07 Å². The van der Waals surface area contributed by atoms with Crippen LogP contribution in [0, 0.1) is 5.92 Å². The largest absolute Gasteiger partial charge is 0.465 e. The maximum absolute atomic E-state index is 12.3. The molecular weight excluding hydrogens is 330 g/mol. The van der Waals surface area contributed by atoms with Gasteiger partial charge in [0, 0.05) is 18.8 Å². The lowest BCUT2D eigenvalue weighted by Crippen LogP contribution is -2.32. The third-order valence-corrected chi connectivity index (χ3v) is 4.69. The van der Waals surface area contributed by atoms with Crippen LogP contribution in [0.4, 0.5) is 11.4 Å². The van der Waals surface area contributed by atoms with Crippen molar-refractivity contribution in [2.24, 2.45) is 5.92 Å². The fraction of sp³-hybridized carbons (Fsp3) is 0.350. The zero-order valence-electron chi connectivity index (χ0n) is 15.1. The number of nitrogens with zero attached hydrogens (tertiary/aromatic N) is 2. The van der Waals surface area contributed by atoms with Crippen LogP contribution in [0.25, 0.3) is 0 Å². The fourth-order valence-corrected chi connectivity index (χ4v) is 2.98. The van der Waals surface area contributed by atoms with E-state index in [1.165, 1.54) is 20.0 Å². The summed E-state index contributed by atoms with van der Waals surface area (Å²) in [4.78, 5) is 30.4. The zero-order valence-corrected chi connectivity index (χ0v) is 15.1. The number of pyridine rings is 1. The first-order valence-corrected chi connectivity index (χ1v) is 8.77. The number of ether oxygens (including phenoxy) is 1. The van der Waals surface area contributed by atoms with E-state index in [9.17, 15) is 9.59 Å². The minimum Gasteiger partial charge on any atom is -0.465 e. The Kier molecular flexibility index (Phi) is 5.51. The van der Waals surface area contributed by atoms with Gasteiger partial charge in [0.15, 0.2) is 0 Å². The first-order chi connectivity index (χ1) is 12.6. The molecular formula is C20H23N3O3. The van der Waals surface area contributed by atoms with E-state index < -0.39 is 5.97 Å². The summed E-state index contributed by atoms with van der Waals surface area (Å²) in [6, 6.07) is 10.2. The number of hydrogen-bond donors (Lipinski definition) is 1. The number of carbonyl (C=O) groups excluding carboxylic acids is 2. The van der Waals surface area contributed by atoms with Crippen LogP contribution in [0.1, 0.15) is 40.6 Å². The number of anilines is 2. The zero-order chi connectivity index (χ0) is 18.5. The summed E-state index contributed by atoms with van der Waals surface area (Å²) in [6.45, 7) is 4.34. The molecule has 1 aliphatic rings. The van der Waals surface area contributed by atoms with Crippen LogP contribution < -0.4 is 10.2 Å². The lowest BCUT2D eigenvalue weighted by molar-refractivity contribution is 0.0600. The molecule has 1 N–H and O–H groups in total. The van der Waals surface area contributed by atoms with Gasteiger partial charge in [-0.3, -0.25) is 4.79 Å². The quantitative estimate of drug-likeness (QED) is 0.854. The molecule has 0 saturated carbocycles. The molecule has 3 rings (SSSR count). The third kappa shape index (κ3) is 4.20. The summed E-state index contributed by atoms with van der Waals surface area (Å²) < 4.78 is 4.65. The Morgan fingerprint density at radius 3 is 2.38 bits per heavy atom. The highest BCUT2D eigenvalue weighted by Crippen LogP contribution is 2.22. The summed E-state index contributed by atoms with van der Waals surface area (Å²) >= 11 is 0. The van der Waals surface area contributed by atoms with Gasteiger partial charge in [-0.2, -0.15) is 0 Å². The van der Waals surface area contributed by atoms with Crippen molar-refractivity contribution in [2.45, 2.75) is 19.8 Å². The van der Waals surface area contributed by atoms with Crippen molar-refractivity contribution >= 4 is 23.3 Å². The highest BCUT2D eigenvalue weighted by Gasteiger charge is 2.17. The van der Waals surface area contributed by atoms with Crippen molar-refractivity contribution in [3.8, 4) is 0 Å². The average molecular weight is 353 g/mol. The Hall–Kier alpha value is -2.89. The van der Waals surface area contributed by atoms with Gasteiger partial charge in [0.2, 0.25) is 0 Å². The Bertz CT molecular complexity index is 764. The second kappa shape index (κ2) is 7.99. The molecule has 1 aliphatic heterocycles. The molecule has 0 spiro atoms. The van der Waals surface area contributed by atoms with E-state index in [4.69, 9.17) is 0 Å². The average Bonchev–Trinajstić information content (AvgIpc) is 2.68. The van der Waals surface area contributed by atoms with Crippen LogP contribution in [0.2, 0.25) is 0 Å². The fourth-order valence-electron chi connectivity index (χ4n) is 2.98. The molecule has 1 aromatic carbocycles. The van der Waals surface area contributed by atoms with Crippen LogP contribution in [0.5, 0.6) is 0 Å². The van der Waals surface area contributed by atoms with E-state index in [2.05, 4.69) is 26.9 Å². The minimum atomic E-state index is -0.410. The molecule has 2 heterocycles. The number of aromatic nitrogens is 1. The van der Waals surface area contributed by atoms with Crippen LogP contribution in [-0.4, -0.2) is 37.1 Å². The molecule has 6 heteroatoms. The molecule has 136 valence electrons. The normalized spacial score (nSPS) is 14.8. The number of nitrogens with one attached hydrogen (secondary N) is 1. The Balaban J connectivity index is 1.62. The van der Waals surface area contributed by atoms with Gasteiger partial charge in [0.05, 0.1) is 24.6 Å². The topological polar surface area (TPSA) is 71.5 Å². The molecule has 0 atom stereocenters. The molecule has 26 heavy (non-hydrogen) atoms. The smallest absolute Gasteiger partial charge is 0.337 e. The van der Waals surface area contributed by atoms with Crippen molar-refractivity contribution in [2.75, 3.05) is 30.4 Å². The lowest BCUT2D eigenvalue weighted by Gasteiger charge is -2.31. The number of carbonyl (C=O) groups is 2. The number of hydrogen-bond acceptors (Lipinski definition) is 5. The third-order valence-electron chi connectivity index (χ3n) is 4.69. The Morgan fingerprint density at radius 1 is 1.12 bits per heavy atom. The van der Waals surface area contributed by atoms with Crippen molar-refractivity contribution in [3.63, 3.8) is 0 Å². The highest BCUT2D eigenvalue weighted by molar-refractivity contribution is 6.03. The molecule has 0 bridgehead atoms. The molecule has 1 aromatic heterocycles. The van der Waals surface area contributed by atoms with Gasteiger partial charge in [-0.1, -0.05) is 6.92 Å². The van der Waals surface area contributed by atoms with Crippen molar-refractivity contribution in [1.82, 2.24) is 4.98 Å². The van der Waals surface area contributed by atoms with Gasteiger partial charge in [0.1, 0.15) is 5.69 Å². The summed E-state index contributed by atoms with van der Waals surface area (Å²) in [5.41, 5.74) is 2.44. The molecule has 1 fully saturated rings. The first kappa shape index (κ1) is 17.9. The van der Waals surface area contributed by atoms with E-state index in [-0.39, 0.29) is 5.91 Å². The number of amides is 1. The summed E-state index contributed by atoms with van der Waals surface area (Å²) in [5.74, 6) is 0.0803. The number of esters is 1. The Labute approximate surface area is 153 Å². The predicted molar refractivity (Wildman–Crippen MR) is 101 cm³/mol. The summed E-state index contributed by atoms with van der Waals surface area (Å²) in [6.07, 6.45) is 4.12. The van der Waals surface area contributed by atoms with Gasteiger partial charge in [0.25, 0.3) is 5.91 Å². The predicted octanol–water partition coefficient (Wildman–Crippen LogP) is 3.36. The van der Waals surface area contributed by atoms with Gasteiger partial charge < -0.3 is 15.0 Å². The maximum Gasteiger partial charge on any atom is 0.337 e. The van der Waals surface area contributed by atoms with E-state index in [0.29, 0.717) is 16.9 Å². The van der Waals surface area contributed by atoms with Crippen LogP contribution in [0.3, 0.4) is 0 Å². The molecule has 1 saturated heterocycles. The summed E-state index contributed by atoms with van der Waals surface area (Å²) in [7, 11) is 1.33.